The smallest absolute Gasteiger partial charge is 0.335 e. The van der Waals surface area contributed by atoms with Crippen LogP contribution in [0, 0.1) is 0 Å². The molecule has 0 saturated heterocycles. The van der Waals surface area contributed by atoms with E-state index in [-0.39, 0.29) is 11.1 Å². The Hall–Kier alpha value is -5.10. The number of nitrogens with zero attached hydrogens (tertiary/aromatic N) is 2. The van der Waals surface area contributed by atoms with Gasteiger partial charge in [-0.1, -0.05) is 60.7 Å². The molecule has 0 bridgehead atoms. The first-order valence-corrected chi connectivity index (χ1v) is 11.1. The molecule has 0 aliphatic heterocycles. The summed E-state index contributed by atoms with van der Waals surface area (Å²) in [6.07, 6.45) is 7.43. The van der Waals surface area contributed by atoms with E-state index < -0.39 is 11.9 Å². The first-order chi connectivity index (χ1) is 17.5. The fourth-order valence-corrected chi connectivity index (χ4v) is 3.26. The summed E-state index contributed by atoms with van der Waals surface area (Å²) in [6.45, 7) is 0. The van der Waals surface area contributed by atoms with Crippen molar-refractivity contribution in [3.63, 3.8) is 0 Å². The van der Waals surface area contributed by atoms with Crippen molar-refractivity contribution >= 4 is 47.9 Å². The van der Waals surface area contributed by atoms with Crippen molar-refractivity contribution in [1.29, 1.82) is 0 Å². The molecule has 0 radical (unpaired) electrons. The van der Waals surface area contributed by atoms with Crippen LogP contribution in [0.3, 0.4) is 0 Å². The van der Waals surface area contributed by atoms with E-state index in [4.69, 9.17) is 10.2 Å². The normalized spacial score (nSPS) is 11.4. The van der Waals surface area contributed by atoms with Crippen LogP contribution < -0.4 is 0 Å². The molecule has 0 spiro atoms. The van der Waals surface area contributed by atoms with Gasteiger partial charge in [-0.05, 0) is 70.8 Å². The van der Waals surface area contributed by atoms with Gasteiger partial charge in [-0.25, -0.2) is 9.59 Å². The lowest BCUT2D eigenvalue weighted by Crippen LogP contribution is -1.95. The van der Waals surface area contributed by atoms with Gasteiger partial charge < -0.3 is 10.2 Å². The van der Waals surface area contributed by atoms with E-state index >= 15 is 0 Å². The van der Waals surface area contributed by atoms with Gasteiger partial charge >= 0.3 is 11.9 Å². The molecule has 2 N–H and O–H groups in total. The molecule has 4 rings (SSSR count). The number of aliphatic imine (C=N–C) groups is 2. The molecule has 0 atom stereocenters. The van der Waals surface area contributed by atoms with Gasteiger partial charge in [-0.15, -0.1) is 0 Å². The molecule has 0 aliphatic rings. The first-order valence-electron chi connectivity index (χ1n) is 11.1. The Kier molecular flexibility index (Phi) is 7.58. The lowest BCUT2D eigenvalue weighted by molar-refractivity contribution is 0.0686. The predicted molar refractivity (Wildman–Crippen MR) is 143 cm³/mol. The Morgan fingerprint density at radius 2 is 0.778 bits per heavy atom. The second-order valence-corrected chi connectivity index (χ2v) is 7.89. The predicted octanol–water partition coefficient (Wildman–Crippen LogP) is 6.75. The van der Waals surface area contributed by atoms with Crippen LogP contribution in [0.1, 0.15) is 43.0 Å². The number of rotatable bonds is 8. The molecule has 0 amide bonds. The first kappa shape index (κ1) is 24.0. The van der Waals surface area contributed by atoms with Crippen molar-refractivity contribution in [3.05, 3.63) is 130 Å². The molecular formula is C30H22N2O4. The maximum Gasteiger partial charge on any atom is 0.335 e. The second-order valence-electron chi connectivity index (χ2n) is 7.89. The topological polar surface area (TPSA) is 99.3 Å². The molecule has 0 fully saturated rings. The van der Waals surface area contributed by atoms with E-state index in [1.54, 1.807) is 61.0 Å². The number of carboxylic acid groups (broad SMARTS) is 2. The van der Waals surface area contributed by atoms with Crippen LogP contribution in [0.4, 0.5) is 11.4 Å². The molecule has 0 heterocycles. The number of carbonyl (C=O) groups is 2. The highest BCUT2D eigenvalue weighted by Crippen LogP contribution is 2.18. The highest BCUT2D eigenvalue weighted by molar-refractivity contribution is 5.90. The summed E-state index contributed by atoms with van der Waals surface area (Å²) in [5, 5.41) is 17.9. The molecule has 0 aromatic heterocycles. The number of benzene rings is 4. The Bertz CT molecular complexity index is 1320. The van der Waals surface area contributed by atoms with Gasteiger partial charge in [0.25, 0.3) is 0 Å². The zero-order valence-corrected chi connectivity index (χ0v) is 19.2. The van der Waals surface area contributed by atoms with Gasteiger partial charge in [0.05, 0.1) is 22.5 Å². The van der Waals surface area contributed by atoms with Crippen molar-refractivity contribution in [2.45, 2.75) is 0 Å². The molecule has 6 nitrogen and oxygen atoms in total. The van der Waals surface area contributed by atoms with Crippen molar-refractivity contribution in [3.8, 4) is 0 Å². The van der Waals surface area contributed by atoms with Crippen molar-refractivity contribution < 1.29 is 19.8 Å². The zero-order chi connectivity index (χ0) is 25.3. The lowest BCUT2D eigenvalue weighted by atomic mass is 10.1. The number of carboxylic acids is 2. The van der Waals surface area contributed by atoms with E-state index in [9.17, 15) is 9.59 Å². The molecule has 6 heteroatoms. The Balaban J connectivity index is 1.33. The third-order valence-electron chi connectivity index (χ3n) is 5.30. The van der Waals surface area contributed by atoms with E-state index in [0.29, 0.717) is 0 Å². The van der Waals surface area contributed by atoms with Crippen LogP contribution in [0.15, 0.2) is 107 Å². The third-order valence-corrected chi connectivity index (χ3v) is 5.30. The van der Waals surface area contributed by atoms with Crippen molar-refractivity contribution in [2.24, 2.45) is 9.98 Å². The average Bonchev–Trinajstić information content (AvgIpc) is 2.91. The molecule has 0 unspecified atom stereocenters. The van der Waals surface area contributed by atoms with Crippen LogP contribution in [0.2, 0.25) is 0 Å². The summed E-state index contributed by atoms with van der Waals surface area (Å²) in [6, 6.07) is 28.7. The summed E-state index contributed by atoms with van der Waals surface area (Å²) in [5.74, 6) is -1.90. The molecule has 0 aliphatic carbocycles. The van der Waals surface area contributed by atoms with E-state index in [1.807, 2.05) is 60.7 Å². The molecule has 176 valence electrons. The van der Waals surface area contributed by atoms with Crippen LogP contribution in [0.5, 0.6) is 0 Å². The van der Waals surface area contributed by atoms with Crippen LogP contribution in [-0.2, 0) is 0 Å². The van der Waals surface area contributed by atoms with Gasteiger partial charge in [0.1, 0.15) is 0 Å². The SMILES string of the molecule is O=C(O)c1ccc(C=Nc2ccc(/C=C/c3ccc(N=Cc4ccc(C(=O)O)cc4)cc3)cc2)cc1. The average molecular weight is 475 g/mol. The maximum absolute atomic E-state index is 10.9. The van der Waals surface area contributed by atoms with Gasteiger partial charge in [-0.2, -0.15) is 0 Å². The van der Waals surface area contributed by atoms with Crippen LogP contribution >= 0.6 is 0 Å². The highest BCUT2D eigenvalue weighted by Gasteiger charge is 2.01. The Morgan fingerprint density at radius 3 is 1.08 bits per heavy atom. The summed E-state index contributed by atoms with van der Waals surface area (Å²) in [5.41, 5.74) is 5.81. The minimum absolute atomic E-state index is 0.246. The third kappa shape index (κ3) is 6.71. The summed E-state index contributed by atoms with van der Waals surface area (Å²) in [4.78, 5) is 30.7. The van der Waals surface area contributed by atoms with Gasteiger partial charge in [0.2, 0.25) is 0 Å². The van der Waals surface area contributed by atoms with Gasteiger partial charge in [0.15, 0.2) is 0 Å². The number of hydrogen-bond donors (Lipinski definition) is 2. The molecule has 36 heavy (non-hydrogen) atoms. The summed E-state index contributed by atoms with van der Waals surface area (Å²) < 4.78 is 0. The minimum atomic E-state index is -0.950. The number of hydrogen-bond acceptors (Lipinski definition) is 4. The minimum Gasteiger partial charge on any atom is -0.478 e. The van der Waals surface area contributed by atoms with Crippen molar-refractivity contribution in [2.75, 3.05) is 0 Å². The van der Waals surface area contributed by atoms with E-state index in [2.05, 4.69) is 9.98 Å². The van der Waals surface area contributed by atoms with Gasteiger partial charge in [-0.3, -0.25) is 9.98 Å². The van der Waals surface area contributed by atoms with Crippen LogP contribution in [-0.4, -0.2) is 34.6 Å². The highest BCUT2D eigenvalue weighted by atomic mass is 16.4. The monoisotopic (exact) mass is 474 g/mol. The van der Waals surface area contributed by atoms with E-state index in [1.165, 1.54) is 0 Å². The maximum atomic E-state index is 10.9. The molecule has 4 aromatic rings. The fraction of sp³-hybridized carbons (Fsp3) is 0. The number of aromatic carboxylic acids is 2. The Labute approximate surface area is 208 Å². The standard InChI is InChI=1S/C30H22N2O4/c33-29(34)25-11-3-23(4-12-25)19-31-27-15-7-21(8-16-27)1-2-22-9-17-28(18-10-22)32-20-24-5-13-26(14-6-24)30(35)36/h1-20H,(H,33,34)(H,35,36)/b2-1+,31-19?,32-20?. The van der Waals surface area contributed by atoms with Crippen LogP contribution in [0.25, 0.3) is 12.2 Å². The van der Waals surface area contributed by atoms with Crippen molar-refractivity contribution in [1.82, 2.24) is 0 Å². The zero-order valence-electron chi connectivity index (χ0n) is 19.2. The second kappa shape index (κ2) is 11.4. The summed E-state index contributed by atoms with van der Waals surface area (Å²) >= 11 is 0. The largest absolute Gasteiger partial charge is 0.478 e. The molecule has 0 saturated carbocycles. The van der Waals surface area contributed by atoms with Gasteiger partial charge in [0, 0.05) is 12.4 Å². The lowest BCUT2D eigenvalue weighted by Gasteiger charge is -1.99. The molecule has 4 aromatic carbocycles. The fourth-order valence-electron chi connectivity index (χ4n) is 3.26. The Morgan fingerprint density at radius 1 is 0.472 bits per heavy atom. The molecular weight excluding hydrogens is 452 g/mol. The quantitative estimate of drug-likeness (QED) is 0.218. The van der Waals surface area contributed by atoms with E-state index in [0.717, 1.165) is 33.6 Å². The summed E-state index contributed by atoms with van der Waals surface area (Å²) in [7, 11) is 0.